The summed E-state index contributed by atoms with van der Waals surface area (Å²) in [6, 6.07) is 15.1. The predicted molar refractivity (Wildman–Crippen MR) is 89.6 cm³/mol. The summed E-state index contributed by atoms with van der Waals surface area (Å²) in [5.41, 5.74) is 2.29. The van der Waals surface area contributed by atoms with Crippen LogP contribution in [0.1, 0.15) is 17.2 Å². The predicted octanol–water partition coefficient (Wildman–Crippen LogP) is 4.14. The van der Waals surface area contributed by atoms with Crippen LogP contribution in [0.15, 0.2) is 54.6 Å². The van der Waals surface area contributed by atoms with Crippen molar-refractivity contribution in [2.45, 2.75) is 18.5 Å². The second-order valence-corrected chi connectivity index (χ2v) is 5.38. The Labute approximate surface area is 144 Å². The van der Waals surface area contributed by atoms with Gasteiger partial charge in [0.25, 0.3) is 0 Å². The third-order valence-electron chi connectivity index (χ3n) is 3.66. The summed E-state index contributed by atoms with van der Waals surface area (Å²) in [5, 5.41) is 5.39. The van der Waals surface area contributed by atoms with E-state index in [2.05, 4.69) is 15.4 Å². The molecule has 1 fully saturated rings. The molecule has 2 aromatic rings. The molecule has 0 bridgehead atoms. The number of carbonyl (C=O) groups excluding carboxylic acids is 1. The van der Waals surface area contributed by atoms with Gasteiger partial charge in [-0.25, -0.2) is 13.6 Å². The number of cyclic esters (lactones) is 1. The maximum absolute atomic E-state index is 13.8. The van der Waals surface area contributed by atoms with Crippen LogP contribution in [0, 0.1) is 0 Å². The van der Waals surface area contributed by atoms with Crippen LogP contribution in [0.5, 0.6) is 0 Å². The van der Waals surface area contributed by atoms with Crippen molar-refractivity contribution in [3.63, 3.8) is 0 Å². The van der Waals surface area contributed by atoms with Crippen LogP contribution in [0.2, 0.25) is 0 Å². The Morgan fingerprint density at radius 2 is 1.79 bits per heavy atom. The van der Waals surface area contributed by atoms with Crippen molar-refractivity contribution in [1.82, 2.24) is 5.32 Å². The average molecular weight is 355 g/mol. The third-order valence-corrected chi connectivity index (χ3v) is 3.66. The topological polar surface area (TPSA) is 50.4 Å². The first-order chi connectivity index (χ1) is 11.0. The number of carbonyl (C=O) groups is 1. The highest BCUT2D eigenvalue weighted by Crippen LogP contribution is 2.34. The second-order valence-electron chi connectivity index (χ2n) is 5.38. The van der Waals surface area contributed by atoms with Gasteiger partial charge in [-0.3, -0.25) is 0 Å². The van der Waals surface area contributed by atoms with E-state index in [0.717, 1.165) is 11.3 Å². The van der Waals surface area contributed by atoms with Crippen LogP contribution in [0.4, 0.5) is 19.3 Å². The van der Waals surface area contributed by atoms with Crippen LogP contribution < -0.4 is 10.6 Å². The van der Waals surface area contributed by atoms with Crippen molar-refractivity contribution in [2.24, 2.45) is 0 Å². The molecule has 1 atom stereocenters. The maximum Gasteiger partial charge on any atom is 0.408 e. The van der Waals surface area contributed by atoms with Gasteiger partial charge in [-0.05, 0) is 23.3 Å². The fourth-order valence-corrected chi connectivity index (χ4v) is 2.43. The zero-order chi connectivity index (χ0) is 16.3. The molecular weight excluding hydrogens is 338 g/mol. The Bertz CT molecular complexity index is 681. The first-order valence-electron chi connectivity index (χ1n) is 7.23. The molecule has 0 spiro atoms. The normalized spacial score (nSPS) is 18.8. The van der Waals surface area contributed by atoms with Crippen LogP contribution in [-0.4, -0.2) is 18.6 Å². The molecule has 1 aliphatic rings. The molecule has 7 heteroatoms. The molecule has 0 unspecified atom stereocenters. The van der Waals surface area contributed by atoms with Crippen LogP contribution in [-0.2, 0) is 11.3 Å². The summed E-state index contributed by atoms with van der Waals surface area (Å²) in [5.74, 6) is -3.13. The number of hydrogen-bond donors (Lipinski definition) is 2. The standard InChI is InChI=1S/C17H16F2N2O2.ClH/c18-17(19)11-23-16(22)21-15(17)13-6-8-14(9-7-13)20-10-12-4-2-1-3-5-12;/h1-9,15,20H,10-11H2,(H,21,22);1H/t15-;/m0./s1. The maximum atomic E-state index is 13.8. The lowest BCUT2D eigenvalue weighted by atomic mass is 10.00. The van der Waals surface area contributed by atoms with E-state index in [1.807, 2.05) is 30.3 Å². The van der Waals surface area contributed by atoms with Gasteiger partial charge < -0.3 is 15.4 Å². The molecule has 0 aliphatic carbocycles. The minimum Gasteiger partial charge on any atom is -0.443 e. The molecule has 3 rings (SSSR count). The van der Waals surface area contributed by atoms with Crippen molar-refractivity contribution < 1.29 is 18.3 Å². The molecule has 128 valence electrons. The molecule has 2 aromatic carbocycles. The number of benzene rings is 2. The lowest BCUT2D eigenvalue weighted by molar-refractivity contribution is -0.104. The van der Waals surface area contributed by atoms with Gasteiger partial charge in [-0.2, -0.15) is 0 Å². The molecule has 1 amide bonds. The summed E-state index contributed by atoms with van der Waals surface area (Å²) in [6.45, 7) is -0.262. The SMILES string of the molecule is Cl.O=C1N[C@@H](c2ccc(NCc3ccccc3)cc2)C(F)(F)CO1. The van der Waals surface area contributed by atoms with E-state index in [9.17, 15) is 13.6 Å². The van der Waals surface area contributed by atoms with Gasteiger partial charge in [0.15, 0.2) is 6.61 Å². The zero-order valence-electron chi connectivity index (χ0n) is 12.7. The fraction of sp³-hybridized carbons (Fsp3) is 0.235. The second kappa shape index (κ2) is 7.49. The van der Waals surface area contributed by atoms with Crippen LogP contribution in [0.25, 0.3) is 0 Å². The average Bonchev–Trinajstić information content (AvgIpc) is 2.57. The molecule has 1 aliphatic heterocycles. The van der Waals surface area contributed by atoms with Crippen LogP contribution >= 0.6 is 12.4 Å². The van der Waals surface area contributed by atoms with Gasteiger partial charge >= 0.3 is 12.0 Å². The third kappa shape index (κ3) is 4.14. The smallest absolute Gasteiger partial charge is 0.408 e. The van der Waals surface area contributed by atoms with Gasteiger partial charge in [0.2, 0.25) is 0 Å². The number of halogens is 3. The Morgan fingerprint density at radius 3 is 2.46 bits per heavy atom. The Hall–Kier alpha value is -2.34. The lowest BCUT2D eigenvalue weighted by Gasteiger charge is -2.31. The highest BCUT2D eigenvalue weighted by Gasteiger charge is 2.46. The summed E-state index contributed by atoms with van der Waals surface area (Å²) >= 11 is 0. The number of anilines is 1. The van der Waals surface area contributed by atoms with Crippen molar-refractivity contribution in [2.75, 3.05) is 11.9 Å². The highest BCUT2D eigenvalue weighted by molar-refractivity contribution is 5.85. The monoisotopic (exact) mass is 354 g/mol. The van der Waals surface area contributed by atoms with E-state index < -0.39 is 24.7 Å². The molecule has 1 heterocycles. The van der Waals surface area contributed by atoms with Crippen LogP contribution in [0.3, 0.4) is 0 Å². The number of hydrogen-bond acceptors (Lipinski definition) is 3. The molecular formula is C17H17ClF2N2O2. The number of amides is 1. The van der Waals surface area contributed by atoms with Crippen molar-refractivity contribution in [3.8, 4) is 0 Å². The van der Waals surface area contributed by atoms with Crippen molar-refractivity contribution >= 4 is 24.2 Å². The van der Waals surface area contributed by atoms with E-state index >= 15 is 0 Å². The molecule has 2 N–H and O–H groups in total. The fourth-order valence-electron chi connectivity index (χ4n) is 2.43. The quantitative estimate of drug-likeness (QED) is 0.867. The first-order valence-corrected chi connectivity index (χ1v) is 7.23. The molecule has 0 aromatic heterocycles. The van der Waals surface area contributed by atoms with E-state index in [1.54, 1.807) is 24.3 Å². The van der Waals surface area contributed by atoms with E-state index in [1.165, 1.54) is 0 Å². The van der Waals surface area contributed by atoms with Crippen molar-refractivity contribution in [1.29, 1.82) is 0 Å². The molecule has 4 nitrogen and oxygen atoms in total. The Balaban J connectivity index is 0.00000208. The summed E-state index contributed by atoms with van der Waals surface area (Å²) in [6.07, 6.45) is -0.827. The van der Waals surface area contributed by atoms with Gasteiger partial charge in [-0.15, -0.1) is 12.4 Å². The highest BCUT2D eigenvalue weighted by atomic mass is 35.5. The molecule has 1 saturated heterocycles. The molecule has 24 heavy (non-hydrogen) atoms. The number of rotatable bonds is 4. The zero-order valence-corrected chi connectivity index (χ0v) is 13.5. The summed E-state index contributed by atoms with van der Waals surface area (Å²) in [7, 11) is 0. The van der Waals surface area contributed by atoms with Gasteiger partial charge in [-0.1, -0.05) is 42.5 Å². The van der Waals surface area contributed by atoms with Gasteiger partial charge in [0, 0.05) is 12.2 Å². The Kier molecular flexibility index (Phi) is 5.62. The summed E-state index contributed by atoms with van der Waals surface area (Å²) in [4.78, 5) is 11.2. The lowest BCUT2D eigenvalue weighted by Crippen LogP contribution is -2.49. The first kappa shape index (κ1) is 18.0. The Morgan fingerprint density at radius 1 is 1.12 bits per heavy atom. The largest absolute Gasteiger partial charge is 0.443 e. The number of nitrogens with one attached hydrogen (secondary N) is 2. The van der Waals surface area contributed by atoms with Gasteiger partial charge in [0.05, 0.1) is 0 Å². The number of alkyl carbamates (subject to hydrolysis) is 1. The van der Waals surface area contributed by atoms with Gasteiger partial charge in [0.1, 0.15) is 6.04 Å². The minimum atomic E-state index is -3.13. The van der Waals surface area contributed by atoms with E-state index in [0.29, 0.717) is 12.1 Å². The van der Waals surface area contributed by atoms with E-state index in [-0.39, 0.29) is 12.4 Å². The number of alkyl halides is 2. The summed E-state index contributed by atoms with van der Waals surface area (Å²) < 4.78 is 32.0. The van der Waals surface area contributed by atoms with Crippen molar-refractivity contribution in [3.05, 3.63) is 65.7 Å². The molecule has 0 radical (unpaired) electrons. The minimum absolute atomic E-state index is 0. The molecule has 0 saturated carbocycles. The number of ether oxygens (including phenoxy) is 1. The van der Waals surface area contributed by atoms with E-state index in [4.69, 9.17) is 0 Å².